The highest BCUT2D eigenvalue weighted by Gasteiger charge is 2.53. The largest absolute Gasteiger partial charge is 0.405 e. The van der Waals surface area contributed by atoms with E-state index < -0.39 is 40.0 Å². The van der Waals surface area contributed by atoms with Crippen LogP contribution < -0.4 is 21.4 Å². The summed E-state index contributed by atoms with van der Waals surface area (Å²) in [6, 6.07) is 30.8. The van der Waals surface area contributed by atoms with Crippen molar-refractivity contribution < 1.29 is 19.1 Å². The average Bonchev–Trinajstić information content (AvgIpc) is 3.37. The molecule has 47 heavy (non-hydrogen) atoms. The Morgan fingerprint density at radius 1 is 0.979 bits per heavy atom. The van der Waals surface area contributed by atoms with E-state index in [0.29, 0.717) is 5.56 Å². The molecule has 244 valence electrons. The molecule has 8 nitrogen and oxygen atoms in total. The predicted molar refractivity (Wildman–Crippen MR) is 191 cm³/mol. The first-order chi connectivity index (χ1) is 22.2. The summed E-state index contributed by atoms with van der Waals surface area (Å²) in [6.45, 7) is 13.0. The number of aliphatic hydroxyl groups is 1. The summed E-state index contributed by atoms with van der Waals surface area (Å²) in [5.41, 5.74) is 1.58. The van der Waals surface area contributed by atoms with E-state index in [2.05, 4.69) is 86.4 Å². The van der Waals surface area contributed by atoms with Crippen LogP contribution in [0.1, 0.15) is 43.8 Å². The minimum Gasteiger partial charge on any atom is -0.405 e. The minimum atomic E-state index is -2.95. The van der Waals surface area contributed by atoms with Gasteiger partial charge in [0.15, 0.2) is 5.60 Å². The van der Waals surface area contributed by atoms with E-state index in [9.17, 15) is 14.7 Å². The maximum absolute atomic E-state index is 13.3. The second kappa shape index (κ2) is 13.5. The lowest BCUT2D eigenvalue weighted by Gasteiger charge is -2.44. The molecule has 3 atom stereocenters. The van der Waals surface area contributed by atoms with E-state index in [4.69, 9.17) is 9.16 Å². The Balaban J connectivity index is 1.48. The summed E-state index contributed by atoms with van der Waals surface area (Å²) in [5.74, 6) is 2.91. The quantitative estimate of drug-likeness (QED) is 0.204. The second-order valence-corrected chi connectivity index (χ2v) is 23.1. The van der Waals surface area contributed by atoms with E-state index >= 15 is 0 Å². The van der Waals surface area contributed by atoms with Crippen LogP contribution in [0.4, 0.5) is 5.82 Å². The van der Waals surface area contributed by atoms with E-state index in [1.807, 2.05) is 42.5 Å². The van der Waals surface area contributed by atoms with Crippen LogP contribution in [0.2, 0.25) is 24.7 Å². The smallest absolute Gasteiger partial charge is 0.351 e. The summed E-state index contributed by atoms with van der Waals surface area (Å²) in [5, 5.41) is 16.8. The van der Waals surface area contributed by atoms with Crippen LogP contribution >= 0.6 is 0 Å². The SMILES string of the molecule is CC(C)(C)[Si](OC[C@H]1O[C@@H](n2ccc(NC(=O)c3ccccc3)nc2=O)C[C@]1(O)C#C[Si](C)(C)C)(c1ccccc1)c1ccccc1. The Bertz CT molecular complexity index is 1770. The van der Waals surface area contributed by atoms with Crippen LogP contribution in [-0.4, -0.2) is 55.3 Å². The van der Waals surface area contributed by atoms with Crippen LogP contribution in [0.25, 0.3) is 0 Å². The first-order valence-corrected chi connectivity index (χ1v) is 21.3. The van der Waals surface area contributed by atoms with Crippen LogP contribution in [-0.2, 0) is 9.16 Å². The van der Waals surface area contributed by atoms with Gasteiger partial charge in [-0.05, 0) is 33.6 Å². The van der Waals surface area contributed by atoms with Gasteiger partial charge in [-0.2, -0.15) is 4.98 Å². The maximum atomic E-state index is 13.3. The van der Waals surface area contributed by atoms with Gasteiger partial charge in [-0.1, -0.05) is 125 Å². The standard InChI is InChI=1S/C37H43N3O5Si2/c1-36(2,3)47(29-18-12-8-13-19-29,30-20-14-9-15-21-30)44-27-31-37(43,23-25-46(4,5)6)26-33(45-31)40-24-22-32(39-35(40)42)38-34(41)28-16-10-7-11-17-28/h7-22,24,31,33,43H,26-27H2,1-6H3,(H,38,39,41,42)/t31-,33-,37-/m1/s1. The van der Waals surface area contributed by atoms with E-state index in [-0.39, 0.29) is 29.8 Å². The third kappa shape index (κ3) is 7.56. The summed E-state index contributed by atoms with van der Waals surface area (Å²) in [7, 11) is -4.84. The van der Waals surface area contributed by atoms with Crippen LogP contribution in [0, 0.1) is 11.5 Å². The molecule has 1 amide bonds. The molecule has 0 saturated carbocycles. The van der Waals surface area contributed by atoms with Crippen molar-refractivity contribution in [2.45, 2.75) is 69.8 Å². The Labute approximate surface area is 278 Å². The minimum absolute atomic E-state index is 0.0521. The number of rotatable bonds is 8. The topological polar surface area (TPSA) is 103 Å². The molecular weight excluding hydrogens is 623 g/mol. The number of benzene rings is 3. The van der Waals surface area contributed by atoms with Gasteiger partial charge in [0.05, 0.1) is 6.61 Å². The number of hydrogen-bond acceptors (Lipinski definition) is 6. The predicted octanol–water partition coefficient (Wildman–Crippen LogP) is 4.97. The van der Waals surface area contributed by atoms with Gasteiger partial charge in [0.1, 0.15) is 26.2 Å². The molecular formula is C37H43N3O5Si2. The van der Waals surface area contributed by atoms with Gasteiger partial charge in [-0.25, -0.2) is 4.79 Å². The highest BCUT2D eigenvalue weighted by Crippen LogP contribution is 2.40. The molecule has 5 rings (SSSR count). The molecule has 2 N–H and O–H groups in total. The Kier molecular flexibility index (Phi) is 9.87. The lowest BCUT2D eigenvalue weighted by molar-refractivity contribution is -0.0592. The summed E-state index contributed by atoms with van der Waals surface area (Å²) in [4.78, 5) is 30.0. The first kappa shape index (κ1) is 34.2. The van der Waals surface area contributed by atoms with E-state index in [0.717, 1.165) is 10.4 Å². The van der Waals surface area contributed by atoms with Crippen LogP contribution in [0.3, 0.4) is 0 Å². The number of hydrogen-bond donors (Lipinski definition) is 2. The van der Waals surface area contributed by atoms with Gasteiger partial charge >= 0.3 is 5.69 Å². The van der Waals surface area contributed by atoms with Crippen molar-refractivity contribution in [2.75, 3.05) is 11.9 Å². The summed E-state index contributed by atoms with van der Waals surface area (Å²) in [6.07, 6.45) is -0.112. The Hall–Kier alpha value is -4.12. The van der Waals surface area contributed by atoms with Crippen LogP contribution in [0.5, 0.6) is 0 Å². The van der Waals surface area contributed by atoms with Crippen molar-refractivity contribution in [2.24, 2.45) is 0 Å². The van der Waals surface area contributed by atoms with E-state index in [1.54, 1.807) is 30.3 Å². The van der Waals surface area contributed by atoms with Gasteiger partial charge in [-0.3, -0.25) is 9.36 Å². The Morgan fingerprint density at radius 2 is 1.53 bits per heavy atom. The molecule has 1 saturated heterocycles. The number of ether oxygens (including phenoxy) is 1. The molecule has 1 aliphatic rings. The number of anilines is 1. The molecule has 0 bridgehead atoms. The number of nitrogens with one attached hydrogen (secondary N) is 1. The van der Waals surface area contributed by atoms with Crippen LogP contribution in [0.15, 0.2) is 108 Å². The highest BCUT2D eigenvalue weighted by molar-refractivity contribution is 6.99. The van der Waals surface area contributed by atoms with Crippen molar-refractivity contribution in [3.05, 3.63) is 119 Å². The number of amides is 1. The fourth-order valence-electron chi connectivity index (χ4n) is 5.96. The lowest BCUT2D eigenvalue weighted by atomic mass is 9.96. The van der Waals surface area contributed by atoms with Crippen molar-refractivity contribution in [1.82, 2.24) is 9.55 Å². The molecule has 1 aromatic heterocycles. The molecule has 1 aliphatic heterocycles. The normalized spacial score (nSPS) is 19.9. The van der Waals surface area contributed by atoms with Crippen molar-refractivity contribution >= 4 is 38.5 Å². The van der Waals surface area contributed by atoms with Gasteiger partial charge in [0.25, 0.3) is 14.2 Å². The van der Waals surface area contributed by atoms with Gasteiger partial charge in [0, 0.05) is 18.2 Å². The monoisotopic (exact) mass is 665 g/mol. The fraction of sp³-hybridized carbons (Fsp3) is 0.324. The molecule has 2 heterocycles. The lowest BCUT2D eigenvalue weighted by Crippen LogP contribution is -2.67. The number of carbonyl (C=O) groups is 1. The average molecular weight is 666 g/mol. The van der Waals surface area contributed by atoms with Gasteiger partial charge in [-0.15, -0.1) is 5.54 Å². The van der Waals surface area contributed by atoms with Crippen molar-refractivity contribution in [3.8, 4) is 11.5 Å². The maximum Gasteiger partial charge on any atom is 0.351 e. The number of aromatic nitrogens is 2. The molecule has 1 fully saturated rings. The van der Waals surface area contributed by atoms with Crippen molar-refractivity contribution in [3.63, 3.8) is 0 Å². The highest BCUT2D eigenvalue weighted by atomic mass is 28.4. The molecule has 0 radical (unpaired) electrons. The molecule has 0 spiro atoms. The Morgan fingerprint density at radius 3 is 2.04 bits per heavy atom. The molecule has 4 aromatic rings. The van der Waals surface area contributed by atoms with Gasteiger partial charge < -0.3 is 19.6 Å². The summed E-state index contributed by atoms with van der Waals surface area (Å²) < 4.78 is 15.0. The number of carbonyl (C=O) groups excluding carboxylic acids is 1. The van der Waals surface area contributed by atoms with E-state index in [1.165, 1.54) is 10.8 Å². The zero-order chi connectivity index (χ0) is 33.9. The first-order valence-electron chi connectivity index (χ1n) is 15.8. The number of nitrogens with zero attached hydrogens (tertiary/aromatic N) is 2. The van der Waals surface area contributed by atoms with Crippen molar-refractivity contribution in [1.29, 1.82) is 0 Å². The molecule has 0 unspecified atom stereocenters. The third-order valence-electron chi connectivity index (χ3n) is 8.28. The fourth-order valence-corrected chi connectivity index (χ4v) is 11.1. The zero-order valence-corrected chi connectivity index (χ0v) is 29.9. The summed E-state index contributed by atoms with van der Waals surface area (Å²) >= 11 is 0. The molecule has 0 aliphatic carbocycles. The zero-order valence-electron chi connectivity index (χ0n) is 27.9. The van der Waals surface area contributed by atoms with Gasteiger partial charge in [0.2, 0.25) is 0 Å². The molecule has 10 heteroatoms. The molecule has 3 aromatic carbocycles. The third-order valence-corrected chi connectivity index (χ3v) is 14.2. The second-order valence-electron chi connectivity index (χ2n) is 14.0.